The summed E-state index contributed by atoms with van der Waals surface area (Å²) in [6.07, 6.45) is 19.2. The van der Waals surface area contributed by atoms with Crippen LogP contribution in [0.3, 0.4) is 0 Å². The Kier molecular flexibility index (Phi) is 19.4. The fourth-order valence-corrected chi connectivity index (χ4v) is 3.25. The normalized spacial score (nSPS) is 14.0. The molecule has 0 aliphatic heterocycles. The molecule has 0 bridgehead atoms. The lowest BCUT2D eigenvalue weighted by Gasteiger charge is -2.09. The van der Waals surface area contributed by atoms with Crippen LogP contribution in [0.15, 0.2) is 0 Å². The van der Waals surface area contributed by atoms with E-state index in [2.05, 4.69) is 11.1 Å². The van der Waals surface area contributed by atoms with Gasteiger partial charge in [-0.3, -0.25) is 8.74 Å². The summed E-state index contributed by atoms with van der Waals surface area (Å²) in [6.45, 7) is 2.50. The van der Waals surface area contributed by atoms with Gasteiger partial charge < -0.3 is 5.11 Å². The van der Waals surface area contributed by atoms with Crippen molar-refractivity contribution in [1.82, 2.24) is 0 Å². The molecule has 5 heteroatoms. The third-order valence-corrected chi connectivity index (χ3v) is 4.88. The van der Waals surface area contributed by atoms with Gasteiger partial charge in [0.1, 0.15) is 0 Å². The second-order valence-corrected chi connectivity index (χ2v) is 7.54. The molecule has 4 nitrogen and oxygen atoms in total. The molecule has 2 N–H and O–H groups in total. The van der Waals surface area contributed by atoms with Gasteiger partial charge in [0.15, 0.2) is 0 Å². The van der Waals surface area contributed by atoms with E-state index in [4.69, 9.17) is 4.55 Å². The van der Waals surface area contributed by atoms with Crippen molar-refractivity contribution in [2.45, 2.75) is 116 Å². The van der Waals surface area contributed by atoms with E-state index in [9.17, 15) is 9.32 Å². The predicted molar refractivity (Wildman–Crippen MR) is 102 cm³/mol. The van der Waals surface area contributed by atoms with Gasteiger partial charge in [0.05, 0.1) is 12.7 Å². The molecule has 0 saturated heterocycles. The van der Waals surface area contributed by atoms with Gasteiger partial charge in [0, 0.05) is 0 Å². The van der Waals surface area contributed by atoms with Gasteiger partial charge in [-0.05, 0) is 19.3 Å². The molecule has 24 heavy (non-hydrogen) atoms. The van der Waals surface area contributed by atoms with E-state index in [1.54, 1.807) is 0 Å². The Morgan fingerprint density at radius 2 is 1.17 bits per heavy atom. The van der Waals surface area contributed by atoms with Crippen molar-refractivity contribution < 1.29 is 18.1 Å². The Bertz CT molecular complexity index is 274. The van der Waals surface area contributed by atoms with E-state index in [0.29, 0.717) is 12.8 Å². The minimum absolute atomic E-state index is 0.235. The second-order valence-electron chi connectivity index (χ2n) is 6.87. The van der Waals surface area contributed by atoms with Gasteiger partial charge in [0.25, 0.3) is 0 Å². The first-order chi connectivity index (χ1) is 11.7. The second kappa shape index (κ2) is 19.4. The smallest absolute Gasteiger partial charge is 0.301 e. The summed E-state index contributed by atoms with van der Waals surface area (Å²) in [6, 6.07) is 0. The van der Waals surface area contributed by atoms with Gasteiger partial charge in [-0.15, -0.1) is 0 Å². The predicted octanol–water partition coefficient (Wildman–Crippen LogP) is 5.76. The van der Waals surface area contributed by atoms with Crippen LogP contribution in [0, 0.1) is 0 Å². The van der Waals surface area contributed by atoms with Crippen molar-refractivity contribution >= 4 is 11.4 Å². The zero-order valence-corrected chi connectivity index (χ0v) is 16.5. The number of hydrogen-bond acceptors (Lipinski definition) is 3. The third kappa shape index (κ3) is 20.1. The summed E-state index contributed by atoms with van der Waals surface area (Å²) in [4.78, 5) is 0. The number of hydrogen-bond donors (Lipinski definition) is 2. The molecule has 0 aromatic heterocycles. The molecule has 0 rings (SSSR count). The van der Waals surface area contributed by atoms with Crippen molar-refractivity contribution in [3.63, 3.8) is 0 Å². The quantitative estimate of drug-likeness (QED) is 0.226. The standard InChI is InChI=1S/C19H40O4S/c1-2-3-4-5-6-7-8-9-10-11-12-13-14-16-19(20)17-15-18-23-24(21)22/h19-20H,2-18H2,1H3,(H,21,22). The summed E-state index contributed by atoms with van der Waals surface area (Å²) < 4.78 is 23.3. The molecule has 0 aliphatic rings. The van der Waals surface area contributed by atoms with Crippen molar-refractivity contribution in [2.75, 3.05) is 6.61 Å². The van der Waals surface area contributed by atoms with Crippen LogP contribution in [0.1, 0.15) is 110 Å². The van der Waals surface area contributed by atoms with E-state index >= 15 is 0 Å². The lowest BCUT2D eigenvalue weighted by molar-refractivity contribution is 0.140. The highest BCUT2D eigenvalue weighted by atomic mass is 32.2. The highest BCUT2D eigenvalue weighted by Gasteiger charge is 2.04. The Labute approximate surface area is 152 Å². The summed E-state index contributed by atoms with van der Waals surface area (Å²) in [5.74, 6) is 0. The SMILES string of the molecule is CCCCCCCCCCCCCCCC(O)CCCOS(=O)O. The van der Waals surface area contributed by atoms with E-state index in [1.165, 1.54) is 77.0 Å². The molecule has 0 aliphatic carbocycles. The molecule has 146 valence electrons. The third-order valence-electron chi connectivity index (χ3n) is 4.51. The topological polar surface area (TPSA) is 66.8 Å². The highest BCUT2D eigenvalue weighted by molar-refractivity contribution is 7.74. The maximum Gasteiger partial charge on any atom is 0.301 e. The van der Waals surface area contributed by atoms with Crippen molar-refractivity contribution in [3.05, 3.63) is 0 Å². The summed E-state index contributed by atoms with van der Waals surface area (Å²) >= 11 is -2.18. The molecule has 2 atom stereocenters. The van der Waals surface area contributed by atoms with Crippen LogP contribution in [0.5, 0.6) is 0 Å². The van der Waals surface area contributed by atoms with E-state index in [-0.39, 0.29) is 12.7 Å². The zero-order chi connectivity index (χ0) is 17.9. The van der Waals surface area contributed by atoms with Crippen LogP contribution < -0.4 is 0 Å². The Morgan fingerprint density at radius 3 is 1.62 bits per heavy atom. The molecule has 2 unspecified atom stereocenters. The molecule has 0 spiro atoms. The molecule has 0 radical (unpaired) electrons. The van der Waals surface area contributed by atoms with Crippen molar-refractivity contribution in [2.24, 2.45) is 0 Å². The van der Waals surface area contributed by atoms with E-state index in [1.807, 2.05) is 0 Å². The molecule has 0 amide bonds. The van der Waals surface area contributed by atoms with Gasteiger partial charge in [-0.2, -0.15) is 4.21 Å². The maximum absolute atomic E-state index is 10.3. The minimum atomic E-state index is -2.18. The van der Waals surface area contributed by atoms with Crippen LogP contribution in [0.25, 0.3) is 0 Å². The molecular formula is C19H40O4S. The Morgan fingerprint density at radius 1 is 0.750 bits per heavy atom. The summed E-state index contributed by atoms with van der Waals surface area (Å²) in [5.41, 5.74) is 0. The fraction of sp³-hybridized carbons (Fsp3) is 1.00. The first kappa shape index (κ1) is 24.0. The van der Waals surface area contributed by atoms with Crippen molar-refractivity contribution in [3.8, 4) is 0 Å². The number of unbranched alkanes of at least 4 members (excludes halogenated alkanes) is 12. The molecule has 0 heterocycles. The summed E-state index contributed by atoms with van der Waals surface area (Å²) in [7, 11) is 0. The van der Waals surface area contributed by atoms with Crippen LogP contribution in [-0.2, 0) is 15.5 Å². The van der Waals surface area contributed by atoms with Gasteiger partial charge in [0.2, 0.25) is 0 Å². The summed E-state index contributed by atoms with van der Waals surface area (Å²) in [5, 5.41) is 9.80. The van der Waals surface area contributed by atoms with Crippen LogP contribution >= 0.6 is 0 Å². The minimum Gasteiger partial charge on any atom is -0.393 e. The van der Waals surface area contributed by atoms with Crippen LogP contribution in [0.2, 0.25) is 0 Å². The lowest BCUT2D eigenvalue weighted by Crippen LogP contribution is -2.08. The van der Waals surface area contributed by atoms with Gasteiger partial charge in [-0.25, -0.2) is 0 Å². The number of aliphatic hydroxyl groups is 1. The zero-order valence-electron chi connectivity index (χ0n) is 15.7. The first-order valence-corrected chi connectivity index (χ1v) is 11.1. The maximum atomic E-state index is 10.3. The monoisotopic (exact) mass is 364 g/mol. The Balaban J connectivity index is 3.12. The van der Waals surface area contributed by atoms with Crippen molar-refractivity contribution in [1.29, 1.82) is 0 Å². The van der Waals surface area contributed by atoms with Crippen LogP contribution in [0.4, 0.5) is 0 Å². The van der Waals surface area contributed by atoms with Crippen LogP contribution in [-0.4, -0.2) is 26.6 Å². The molecule has 0 aromatic rings. The fourth-order valence-electron chi connectivity index (χ4n) is 2.99. The van der Waals surface area contributed by atoms with E-state index in [0.717, 1.165) is 12.8 Å². The number of rotatable bonds is 19. The average molecular weight is 365 g/mol. The van der Waals surface area contributed by atoms with E-state index < -0.39 is 11.4 Å². The first-order valence-electron chi connectivity index (χ1n) is 10.1. The molecular weight excluding hydrogens is 324 g/mol. The largest absolute Gasteiger partial charge is 0.393 e. The molecule has 0 aromatic carbocycles. The average Bonchev–Trinajstić information content (AvgIpc) is 2.55. The van der Waals surface area contributed by atoms with Gasteiger partial charge in [-0.1, -0.05) is 90.4 Å². The highest BCUT2D eigenvalue weighted by Crippen LogP contribution is 2.14. The number of aliphatic hydroxyl groups excluding tert-OH is 1. The van der Waals surface area contributed by atoms with Gasteiger partial charge >= 0.3 is 11.4 Å². The molecule has 0 fully saturated rings. The molecule has 0 saturated carbocycles. The lowest BCUT2D eigenvalue weighted by atomic mass is 10.0. The Hall–Kier alpha value is 0.0300.